The number of hydrogen-bond donors (Lipinski definition) is 1. The van der Waals surface area contributed by atoms with Crippen LogP contribution in [0.1, 0.15) is 15.9 Å². The molecule has 1 aromatic carbocycles. The van der Waals surface area contributed by atoms with Crippen molar-refractivity contribution in [3.8, 4) is 5.75 Å². The summed E-state index contributed by atoms with van der Waals surface area (Å²) in [5.74, 6) is 0.784. The van der Waals surface area contributed by atoms with Crippen molar-refractivity contribution in [3.05, 3.63) is 70.3 Å². The van der Waals surface area contributed by atoms with E-state index in [0.717, 1.165) is 35.3 Å². The van der Waals surface area contributed by atoms with Crippen LogP contribution in [0.2, 0.25) is 0 Å². The van der Waals surface area contributed by atoms with Gasteiger partial charge in [0.05, 0.1) is 7.11 Å². The number of amides is 1. The molecule has 3 heterocycles. The molecule has 0 spiro atoms. The average Bonchev–Trinajstić information content (AvgIpc) is 2.74. The van der Waals surface area contributed by atoms with Crippen molar-refractivity contribution in [1.82, 2.24) is 19.8 Å². The lowest BCUT2D eigenvalue weighted by Gasteiger charge is -2.34. The van der Waals surface area contributed by atoms with Gasteiger partial charge in [0.2, 0.25) is 0 Å². The zero-order valence-corrected chi connectivity index (χ0v) is 15.7. The largest absolute Gasteiger partial charge is 0.497 e. The standard InChI is InChI=1S/C21H22N4O3/c1-28-18-2-3-19-16(13-18)12-17(20(26)23-19)14-24-8-10-25(11-9-24)21(27)15-4-6-22-7-5-15/h2-7,12-13H,8-11,14H2,1H3,(H,23,26). The number of nitrogens with zero attached hydrogens (tertiary/aromatic N) is 3. The first-order chi connectivity index (χ1) is 13.6. The molecule has 1 N–H and O–H groups in total. The number of rotatable bonds is 4. The van der Waals surface area contributed by atoms with E-state index in [4.69, 9.17) is 4.74 Å². The Labute approximate surface area is 162 Å². The number of piperazine rings is 1. The van der Waals surface area contributed by atoms with Crippen molar-refractivity contribution in [2.45, 2.75) is 6.54 Å². The molecule has 0 atom stereocenters. The van der Waals surface area contributed by atoms with Crippen molar-refractivity contribution in [3.63, 3.8) is 0 Å². The molecule has 0 radical (unpaired) electrons. The van der Waals surface area contributed by atoms with Gasteiger partial charge in [0.1, 0.15) is 5.75 Å². The van der Waals surface area contributed by atoms with Gasteiger partial charge in [0, 0.05) is 67.1 Å². The Morgan fingerprint density at radius 2 is 1.86 bits per heavy atom. The normalized spacial score (nSPS) is 15.0. The molecule has 1 fully saturated rings. The monoisotopic (exact) mass is 378 g/mol. The number of nitrogens with one attached hydrogen (secondary N) is 1. The van der Waals surface area contributed by atoms with Crippen LogP contribution in [0.3, 0.4) is 0 Å². The van der Waals surface area contributed by atoms with Crippen molar-refractivity contribution in [2.24, 2.45) is 0 Å². The number of aromatic nitrogens is 2. The third kappa shape index (κ3) is 3.75. The summed E-state index contributed by atoms with van der Waals surface area (Å²) in [6.07, 6.45) is 3.26. The SMILES string of the molecule is COc1ccc2[nH]c(=O)c(CN3CCN(C(=O)c4ccncc4)CC3)cc2c1. The average molecular weight is 378 g/mol. The van der Waals surface area contributed by atoms with Crippen LogP contribution in [-0.4, -0.2) is 59.0 Å². The van der Waals surface area contributed by atoms with E-state index in [-0.39, 0.29) is 11.5 Å². The summed E-state index contributed by atoms with van der Waals surface area (Å²) < 4.78 is 5.27. The van der Waals surface area contributed by atoms with E-state index in [1.807, 2.05) is 29.2 Å². The van der Waals surface area contributed by atoms with Crippen LogP contribution in [0.5, 0.6) is 5.75 Å². The summed E-state index contributed by atoms with van der Waals surface area (Å²) in [5, 5.41) is 0.945. The molecule has 3 aromatic rings. The van der Waals surface area contributed by atoms with Gasteiger partial charge in [-0.25, -0.2) is 0 Å². The minimum atomic E-state index is -0.0760. The minimum absolute atomic E-state index is 0.0256. The zero-order valence-electron chi connectivity index (χ0n) is 15.7. The Hall–Kier alpha value is -3.19. The quantitative estimate of drug-likeness (QED) is 0.750. The summed E-state index contributed by atoms with van der Waals surface area (Å²) in [7, 11) is 1.63. The molecule has 144 valence electrons. The maximum absolute atomic E-state index is 12.5. The first kappa shape index (κ1) is 18.2. The second kappa shape index (κ2) is 7.82. The highest BCUT2D eigenvalue weighted by Crippen LogP contribution is 2.19. The Morgan fingerprint density at radius 3 is 2.57 bits per heavy atom. The summed E-state index contributed by atoms with van der Waals surface area (Å²) in [6, 6.07) is 11.0. The molecule has 1 saturated heterocycles. The van der Waals surface area contributed by atoms with Crippen LogP contribution in [0, 0.1) is 0 Å². The van der Waals surface area contributed by atoms with Crippen molar-refractivity contribution < 1.29 is 9.53 Å². The third-order valence-electron chi connectivity index (χ3n) is 5.11. The highest BCUT2D eigenvalue weighted by molar-refractivity contribution is 5.94. The van der Waals surface area contributed by atoms with E-state index in [1.165, 1.54) is 0 Å². The number of pyridine rings is 2. The van der Waals surface area contributed by atoms with Crippen LogP contribution in [0.25, 0.3) is 10.9 Å². The van der Waals surface area contributed by atoms with E-state index < -0.39 is 0 Å². The van der Waals surface area contributed by atoms with Crippen LogP contribution < -0.4 is 10.3 Å². The molecule has 1 aliphatic heterocycles. The molecular formula is C21H22N4O3. The van der Waals surface area contributed by atoms with Gasteiger partial charge in [-0.05, 0) is 36.4 Å². The molecule has 0 aliphatic carbocycles. The second-order valence-electron chi connectivity index (χ2n) is 6.88. The van der Waals surface area contributed by atoms with Crippen molar-refractivity contribution in [2.75, 3.05) is 33.3 Å². The Morgan fingerprint density at radius 1 is 1.11 bits per heavy atom. The van der Waals surface area contributed by atoms with Crippen LogP contribution in [-0.2, 0) is 6.54 Å². The molecule has 1 amide bonds. The molecule has 7 nitrogen and oxygen atoms in total. The van der Waals surface area contributed by atoms with Gasteiger partial charge in [-0.3, -0.25) is 19.5 Å². The van der Waals surface area contributed by atoms with Crippen molar-refractivity contribution >= 4 is 16.8 Å². The fourth-order valence-corrected chi connectivity index (χ4v) is 3.50. The minimum Gasteiger partial charge on any atom is -0.497 e. The molecule has 0 bridgehead atoms. The number of benzene rings is 1. The van der Waals surface area contributed by atoms with E-state index in [0.29, 0.717) is 25.2 Å². The Bertz CT molecular complexity index is 1040. The number of ether oxygens (including phenoxy) is 1. The zero-order chi connectivity index (χ0) is 19.5. The first-order valence-electron chi connectivity index (χ1n) is 9.25. The molecule has 7 heteroatoms. The third-order valence-corrected chi connectivity index (χ3v) is 5.11. The van der Waals surface area contributed by atoms with E-state index in [2.05, 4.69) is 14.9 Å². The summed E-state index contributed by atoms with van der Waals surface area (Å²) >= 11 is 0. The molecular weight excluding hydrogens is 356 g/mol. The van der Waals surface area contributed by atoms with Gasteiger partial charge in [-0.15, -0.1) is 0 Å². The van der Waals surface area contributed by atoms with E-state index in [9.17, 15) is 9.59 Å². The lowest BCUT2D eigenvalue weighted by molar-refractivity contribution is 0.0628. The summed E-state index contributed by atoms with van der Waals surface area (Å²) in [6.45, 7) is 3.29. The van der Waals surface area contributed by atoms with Crippen LogP contribution in [0.15, 0.2) is 53.6 Å². The predicted octanol–water partition coefficient (Wildman–Crippen LogP) is 1.89. The molecule has 0 saturated carbocycles. The van der Waals surface area contributed by atoms with Crippen LogP contribution >= 0.6 is 0 Å². The highest BCUT2D eigenvalue weighted by Gasteiger charge is 2.22. The fraction of sp³-hybridized carbons (Fsp3) is 0.286. The van der Waals surface area contributed by atoms with Gasteiger partial charge in [-0.1, -0.05) is 0 Å². The van der Waals surface area contributed by atoms with Gasteiger partial charge >= 0.3 is 0 Å². The molecule has 4 rings (SSSR count). The second-order valence-corrected chi connectivity index (χ2v) is 6.88. The molecule has 2 aromatic heterocycles. The van der Waals surface area contributed by atoms with Crippen molar-refractivity contribution in [1.29, 1.82) is 0 Å². The number of hydrogen-bond acceptors (Lipinski definition) is 5. The number of H-pyrrole nitrogens is 1. The van der Waals surface area contributed by atoms with Gasteiger partial charge in [0.25, 0.3) is 11.5 Å². The number of carbonyl (C=O) groups excluding carboxylic acids is 1. The maximum atomic E-state index is 12.5. The summed E-state index contributed by atoms with van der Waals surface area (Å²) in [5.41, 5.74) is 2.09. The molecule has 28 heavy (non-hydrogen) atoms. The maximum Gasteiger partial charge on any atom is 0.254 e. The lowest BCUT2D eigenvalue weighted by Crippen LogP contribution is -2.48. The van der Waals surface area contributed by atoms with Gasteiger partial charge in [-0.2, -0.15) is 0 Å². The fourth-order valence-electron chi connectivity index (χ4n) is 3.50. The van der Waals surface area contributed by atoms with E-state index >= 15 is 0 Å². The number of carbonyl (C=O) groups is 1. The van der Waals surface area contributed by atoms with Gasteiger partial charge in [0.15, 0.2) is 0 Å². The Balaban J connectivity index is 1.44. The highest BCUT2D eigenvalue weighted by atomic mass is 16.5. The smallest absolute Gasteiger partial charge is 0.254 e. The number of fused-ring (bicyclic) bond motifs is 1. The van der Waals surface area contributed by atoms with E-state index in [1.54, 1.807) is 31.6 Å². The van der Waals surface area contributed by atoms with Gasteiger partial charge < -0.3 is 14.6 Å². The first-order valence-corrected chi connectivity index (χ1v) is 9.25. The predicted molar refractivity (Wildman–Crippen MR) is 107 cm³/mol. The number of aromatic amines is 1. The Kier molecular flexibility index (Phi) is 5.08. The number of methoxy groups -OCH3 is 1. The van der Waals surface area contributed by atoms with Crippen LogP contribution in [0.4, 0.5) is 0 Å². The topological polar surface area (TPSA) is 78.5 Å². The summed E-state index contributed by atoms with van der Waals surface area (Å²) in [4.78, 5) is 35.9. The molecule has 1 aliphatic rings. The molecule has 0 unspecified atom stereocenters. The lowest BCUT2D eigenvalue weighted by atomic mass is 10.1.